The fourth-order valence-electron chi connectivity index (χ4n) is 3.38. The molecule has 0 spiro atoms. The Morgan fingerprint density at radius 2 is 2.29 bits per heavy atom. The predicted octanol–water partition coefficient (Wildman–Crippen LogP) is 4.25. The van der Waals surface area contributed by atoms with Crippen LogP contribution in [0.25, 0.3) is 10.1 Å². The van der Waals surface area contributed by atoms with E-state index in [4.69, 9.17) is 0 Å². The lowest BCUT2D eigenvalue weighted by molar-refractivity contribution is 0.0787. The second kappa shape index (κ2) is 5.50. The van der Waals surface area contributed by atoms with E-state index in [2.05, 4.69) is 19.2 Å². The summed E-state index contributed by atoms with van der Waals surface area (Å²) in [5, 5.41) is 3.89. The first-order chi connectivity index (χ1) is 10.0. The van der Waals surface area contributed by atoms with Gasteiger partial charge in [-0.1, -0.05) is 19.9 Å². The van der Waals surface area contributed by atoms with Crippen LogP contribution in [-0.2, 0) is 0 Å². The number of fused-ring (bicyclic) bond motifs is 1. The third-order valence-electron chi connectivity index (χ3n) is 4.26. The highest BCUT2D eigenvalue weighted by molar-refractivity contribution is 7.20. The summed E-state index contributed by atoms with van der Waals surface area (Å²) in [6.45, 7) is 5.92. The van der Waals surface area contributed by atoms with Gasteiger partial charge in [-0.25, -0.2) is 4.39 Å². The Morgan fingerprint density at radius 1 is 1.48 bits per heavy atom. The molecule has 0 bridgehead atoms. The fourth-order valence-corrected chi connectivity index (χ4v) is 4.52. The van der Waals surface area contributed by atoms with E-state index in [-0.39, 0.29) is 17.0 Å². The minimum absolute atomic E-state index is 0.182. The van der Waals surface area contributed by atoms with Crippen LogP contribution >= 0.6 is 11.3 Å². The smallest absolute Gasteiger partial charge is 0.180 e. The maximum atomic E-state index is 13.8. The van der Waals surface area contributed by atoms with Crippen molar-refractivity contribution in [3.8, 4) is 0 Å². The van der Waals surface area contributed by atoms with Gasteiger partial charge in [-0.2, -0.15) is 0 Å². The highest BCUT2D eigenvalue weighted by Crippen LogP contribution is 2.39. The van der Waals surface area contributed by atoms with E-state index in [1.807, 2.05) is 6.07 Å². The average Bonchev–Trinajstić information content (AvgIpc) is 3.05. The van der Waals surface area contributed by atoms with E-state index >= 15 is 0 Å². The van der Waals surface area contributed by atoms with Gasteiger partial charge in [-0.15, -0.1) is 11.3 Å². The molecule has 0 saturated carbocycles. The number of carbonyl (C=O) groups excluding carboxylic acids is 1. The number of Topliss-reactive ketones (excluding diaryl/α,β-unsaturated/α-hetero) is 1. The normalized spacial score (nSPS) is 22.3. The summed E-state index contributed by atoms with van der Waals surface area (Å²) in [5.41, 5.74) is -0.314. The standard InChI is InChI=1S/C17H20FNOS/c1-11(2)9-17(6-7-19-10-17)16(20)15-8-12-13(18)4-3-5-14(12)21-15/h3-5,8,11,19H,6-7,9-10H2,1-2H3. The number of hydrogen-bond acceptors (Lipinski definition) is 3. The molecule has 1 unspecified atom stereocenters. The molecule has 2 aromatic rings. The van der Waals surface area contributed by atoms with Crippen molar-refractivity contribution in [3.05, 3.63) is 35.0 Å². The molecule has 0 aliphatic carbocycles. The molecule has 4 heteroatoms. The lowest BCUT2D eigenvalue weighted by Crippen LogP contribution is -2.34. The molecule has 1 saturated heterocycles. The minimum Gasteiger partial charge on any atom is -0.316 e. The van der Waals surface area contributed by atoms with Gasteiger partial charge in [0.15, 0.2) is 5.78 Å². The van der Waals surface area contributed by atoms with Crippen LogP contribution in [0.4, 0.5) is 4.39 Å². The molecule has 1 atom stereocenters. The lowest BCUT2D eigenvalue weighted by Gasteiger charge is -2.28. The number of hydrogen-bond donors (Lipinski definition) is 1. The molecule has 2 nitrogen and oxygen atoms in total. The summed E-state index contributed by atoms with van der Waals surface area (Å²) in [5.74, 6) is 0.409. The first-order valence-corrected chi connectivity index (χ1v) is 8.27. The Balaban J connectivity index is 2.00. The van der Waals surface area contributed by atoms with Gasteiger partial charge in [0.1, 0.15) is 5.82 Å². The minimum atomic E-state index is -0.314. The molecule has 1 aromatic carbocycles. The van der Waals surface area contributed by atoms with Gasteiger partial charge < -0.3 is 5.32 Å². The van der Waals surface area contributed by atoms with Gasteiger partial charge in [0, 0.05) is 22.0 Å². The summed E-state index contributed by atoms with van der Waals surface area (Å²) in [4.78, 5) is 13.7. The molecule has 2 heterocycles. The Bertz CT molecular complexity index is 670. The third-order valence-corrected chi connectivity index (χ3v) is 5.36. The SMILES string of the molecule is CC(C)CC1(C(=O)c2cc3c(F)cccc3s2)CCNC1. The second-order valence-electron chi connectivity index (χ2n) is 6.40. The topological polar surface area (TPSA) is 29.1 Å². The first-order valence-electron chi connectivity index (χ1n) is 7.45. The molecule has 0 amide bonds. The molecule has 0 radical (unpaired) electrons. The van der Waals surface area contributed by atoms with Gasteiger partial charge in [0.05, 0.1) is 4.88 Å². The van der Waals surface area contributed by atoms with Crippen LogP contribution in [0.2, 0.25) is 0 Å². The van der Waals surface area contributed by atoms with E-state index in [1.165, 1.54) is 17.4 Å². The molecular formula is C17H20FNOS. The molecule has 1 aromatic heterocycles. The van der Waals surface area contributed by atoms with Gasteiger partial charge in [0.25, 0.3) is 0 Å². The van der Waals surface area contributed by atoms with E-state index in [1.54, 1.807) is 12.1 Å². The number of ketones is 1. The number of halogens is 1. The van der Waals surface area contributed by atoms with E-state index in [0.29, 0.717) is 16.2 Å². The van der Waals surface area contributed by atoms with Crippen LogP contribution in [0.5, 0.6) is 0 Å². The van der Waals surface area contributed by atoms with Crippen LogP contribution in [0.3, 0.4) is 0 Å². The van der Waals surface area contributed by atoms with Crippen LogP contribution in [0, 0.1) is 17.2 Å². The first kappa shape index (κ1) is 14.7. The van der Waals surface area contributed by atoms with Crippen LogP contribution < -0.4 is 5.32 Å². The maximum Gasteiger partial charge on any atom is 0.180 e. The van der Waals surface area contributed by atoms with Crippen molar-refractivity contribution in [1.29, 1.82) is 0 Å². The third kappa shape index (κ3) is 2.62. The Labute approximate surface area is 128 Å². The number of benzene rings is 1. The number of nitrogens with one attached hydrogen (secondary N) is 1. The van der Waals surface area contributed by atoms with E-state index < -0.39 is 0 Å². The maximum absolute atomic E-state index is 13.8. The molecule has 1 N–H and O–H groups in total. The fraction of sp³-hybridized carbons (Fsp3) is 0.471. The zero-order valence-corrected chi connectivity index (χ0v) is 13.2. The summed E-state index contributed by atoms with van der Waals surface area (Å²) < 4.78 is 14.7. The Kier molecular flexibility index (Phi) is 3.84. The molecule has 3 rings (SSSR count). The van der Waals surface area contributed by atoms with E-state index in [9.17, 15) is 9.18 Å². The molecule has 1 fully saturated rings. The van der Waals surface area contributed by atoms with Crippen LogP contribution in [0.15, 0.2) is 24.3 Å². The summed E-state index contributed by atoms with van der Waals surface area (Å²) >= 11 is 1.41. The van der Waals surface area contributed by atoms with Crippen molar-refractivity contribution >= 4 is 27.2 Å². The van der Waals surface area contributed by atoms with Crippen molar-refractivity contribution < 1.29 is 9.18 Å². The monoisotopic (exact) mass is 305 g/mol. The van der Waals surface area contributed by atoms with Crippen LogP contribution in [-0.4, -0.2) is 18.9 Å². The zero-order chi connectivity index (χ0) is 15.0. The zero-order valence-electron chi connectivity index (χ0n) is 12.4. The molecule has 1 aliphatic heterocycles. The number of carbonyl (C=O) groups is 1. The van der Waals surface area contributed by atoms with Crippen molar-refractivity contribution in [2.24, 2.45) is 11.3 Å². The van der Waals surface area contributed by atoms with Gasteiger partial charge in [-0.3, -0.25) is 4.79 Å². The highest BCUT2D eigenvalue weighted by Gasteiger charge is 2.42. The quantitative estimate of drug-likeness (QED) is 0.856. The number of thiophene rings is 1. The predicted molar refractivity (Wildman–Crippen MR) is 85.5 cm³/mol. The van der Waals surface area contributed by atoms with Crippen molar-refractivity contribution in [2.45, 2.75) is 26.7 Å². The second-order valence-corrected chi connectivity index (χ2v) is 7.48. The van der Waals surface area contributed by atoms with Gasteiger partial charge in [-0.05, 0) is 43.5 Å². The average molecular weight is 305 g/mol. The largest absolute Gasteiger partial charge is 0.316 e. The van der Waals surface area contributed by atoms with Crippen molar-refractivity contribution in [2.75, 3.05) is 13.1 Å². The molecular weight excluding hydrogens is 285 g/mol. The Morgan fingerprint density at radius 3 is 2.90 bits per heavy atom. The van der Waals surface area contributed by atoms with Crippen molar-refractivity contribution in [1.82, 2.24) is 5.32 Å². The highest BCUT2D eigenvalue weighted by atomic mass is 32.1. The van der Waals surface area contributed by atoms with E-state index in [0.717, 1.165) is 30.6 Å². The molecule has 21 heavy (non-hydrogen) atoms. The Hall–Kier alpha value is -1.26. The summed E-state index contributed by atoms with van der Waals surface area (Å²) in [7, 11) is 0. The summed E-state index contributed by atoms with van der Waals surface area (Å²) in [6, 6.07) is 6.76. The molecule has 1 aliphatic rings. The molecule has 112 valence electrons. The van der Waals surface area contributed by atoms with Crippen LogP contribution in [0.1, 0.15) is 36.4 Å². The lowest BCUT2D eigenvalue weighted by atomic mass is 9.75. The van der Waals surface area contributed by atoms with Crippen molar-refractivity contribution in [3.63, 3.8) is 0 Å². The summed E-state index contributed by atoms with van der Waals surface area (Å²) in [6.07, 6.45) is 1.76. The number of rotatable bonds is 4. The van der Waals surface area contributed by atoms with Gasteiger partial charge >= 0.3 is 0 Å². The van der Waals surface area contributed by atoms with Gasteiger partial charge in [0.2, 0.25) is 0 Å².